The molecule has 0 saturated heterocycles. The van der Waals surface area contributed by atoms with Gasteiger partial charge in [-0.1, -0.05) is 18.2 Å². The van der Waals surface area contributed by atoms with Crippen LogP contribution in [0.15, 0.2) is 58.6 Å². The van der Waals surface area contributed by atoms with E-state index in [-0.39, 0.29) is 10.7 Å². The van der Waals surface area contributed by atoms with Gasteiger partial charge >= 0.3 is 10.2 Å². The number of fused-ring (bicyclic) bond motifs is 1. The van der Waals surface area contributed by atoms with Crippen LogP contribution in [0.5, 0.6) is 0 Å². The topological polar surface area (TPSA) is 98.1 Å². The molecule has 10 heteroatoms. The molecule has 0 bridgehead atoms. The highest BCUT2D eigenvalue weighted by molar-refractivity contribution is 7.92. The van der Waals surface area contributed by atoms with Crippen molar-refractivity contribution in [2.24, 2.45) is 7.05 Å². The van der Waals surface area contributed by atoms with Gasteiger partial charge in [0.1, 0.15) is 0 Å². The van der Waals surface area contributed by atoms with Gasteiger partial charge in [0.05, 0.1) is 16.8 Å². The number of hydrogen-bond acceptors (Lipinski definition) is 5. The van der Waals surface area contributed by atoms with Crippen LogP contribution in [-0.4, -0.2) is 26.6 Å². The molecule has 0 aliphatic carbocycles. The number of sulfonamides is 1. The van der Waals surface area contributed by atoms with Crippen molar-refractivity contribution >= 4 is 36.7 Å². The number of halogens is 1. The third-order valence-corrected chi connectivity index (χ3v) is 5.69. The summed E-state index contributed by atoms with van der Waals surface area (Å²) < 4.78 is 63.6. The molecule has 0 aliphatic rings. The Morgan fingerprint density at radius 1 is 1.08 bits per heavy atom. The summed E-state index contributed by atoms with van der Waals surface area (Å²) >= 11 is 0. The molecule has 0 amide bonds. The summed E-state index contributed by atoms with van der Waals surface area (Å²) in [5.74, 6) is 0. The van der Waals surface area contributed by atoms with Gasteiger partial charge in [0.25, 0.3) is 10.0 Å². The Bertz CT molecular complexity index is 1140. The van der Waals surface area contributed by atoms with Crippen LogP contribution in [-0.2, 0) is 27.3 Å². The Hall–Kier alpha value is -2.46. The standard InChI is InChI=1S/C14H12FN3O4S2/c1-18-14(7-8-16-18)24(21,22)17-13-4-2-3-10-9-11(23(15,19)20)5-6-12(10)13/h2-9,17H,1H3. The fraction of sp³-hybridized carbons (Fsp3) is 0.0714. The van der Waals surface area contributed by atoms with Gasteiger partial charge in [0.15, 0.2) is 5.03 Å². The minimum atomic E-state index is -4.83. The molecule has 0 atom stereocenters. The summed E-state index contributed by atoms with van der Waals surface area (Å²) in [6.07, 6.45) is 1.36. The van der Waals surface area contributed by atoms with E-state index in [0.717, 1.165) is 12.1 Å². The number of nitrogens with one attached hydrogen (secondary N) is 1. The quantitative estimate of drug-likeness (QED) is 0.710. The maximum Gasteiger partial charge on any atom is 0.332 e. The van der Waals surface area contributed by atoms with Gasteiger partial charge in [0.2, 0.25) is 0 Å². The summed E-state index contributed by atoms with van der Waals surface area (Å²) in [5.41, 5.74) is 0.247. The maximum atomic E-state index is 13.1. The lowest BCUT2D eigenvalue weighted by atomic mass is 10.1. The second kappa shape index (κ2) is 5.56. The Morgan fingerprint density at radius 3 is 2.46 bits per heavy atom. The van der Waals surface area contributed by atoms with E-state index in [4.69, 9.17) is 0 Å². The zero-order valence-corrected chi connectivity index (χ0v) is 14.0. The Labute approximate surface area is 138 Å². The lowest BCUT2D eigenvalue weighted by Gasteiger charge is -2.11. The SMILES string of the molecule is Cn1nccc1S(=O)(=O)Nc1cccc2cc(S(=O)(=O)F)ccc12. The van der Waals surface area contributed by atoms with E-state index in [2.05, 4.69) is 9.82 Å². The number of rotatable bonds is 4. The molecule has 0 unspecified atom stereocenters. The highest BCUT2D eigenvalue weighted by Gasteiger charge is 2.19. The van der Waals surface area contributed by atoms with Gasteiger partial charge in [-0.3, -0.25) is 9.40 Å². The van der Waals surface area contributed by atoms with Crippen molar-refractivity contribution in [3.8, 4) is 0 Å². The molecule has 3 aromatic rings. The van der Waals surface area contributed by atoms with E-state index in [1.54, 1.807) is 6.07 Å². The molecule has 126 valence electrons. The first kappa shape index (κ1) is 16.4. The molecule has 3 rings (SSSR count). The number of hydrogen-bond donors (Lipinski definition) is 1. The predicted octanol–water partition coefficient (Wildman–Crippen LogP) is 2.03. The molecule has 2 aromatic carbocycles. The van der Waals surface area contributed by atoms with E-state index in [1.807, 2.05) is 0 Å². The molecule has 1 aromatic heterocycles. The summed E-state index contributed by atoms with van der Waals surface area (Å²) in [6.45, 7) is 0. The van der Waals surface area contributed by atoms with Crippen molar-refractivity contribution in [1.82, 2.24) is 9.78 Å². The number of aryl methyl sites for hydroxylation is 1. The van der Waals surface area contributed by atoms with Crippen LogP contribution < -0.4 is 4.72 Å². The van der Waals surface area contributed by atoms with E-state index < -0.39 is 25.1 Å². The molecular weight excluding hydrogens is 357 g/mol. The van der Waals surface area contributed by atoms with Crippen molar-refractivity contribution < 1.29 is 20.7 Å². The van der Waals surface area contributed by atoms with Gasteiger partial charge < -0.3 is 0 Å². The van der Waals surface area contributed by atoms with E-state index in [9.17, 15) is 20.7 Å². The number of benzene rings is 2. The summed E-state index contributed by atoms with van der Waals surface area (Å²) in [6, 6.07) is 9.56. The second-order valence-corrected chi connectivity index (χ2v) is 8.00. The van der Waals surface area contributed by atoms with Gasteiger partial charge in [-0.2, -0.15) is 21.9 Å². The number of anilines is 1. The highest BCUT2D eigenvalue weighted by atomic mass is 32.3. The fourth-order valence-corrected chi connectivity index (χ4v) is 4.03. The van der Waals surface area contributed by atoms with E-state index in [1.165, 1.54) is 42.2 Å². The fourth-order valence-electron chi connectivity index (χ4n) is 2.32. The first-order valence-electron chi connectivity index (χ1n) is 6.67. The minimum absolute atomic E-state index is 0.0255. The van der Waals surface area contributed by atoms with Crippen molar-refractivity contribution in [1.29, 1.82) is 0 Å². The average Bonchev–Trinajstić information content (AvgIpc) is 2.93. The third-order valence-electron chi connectivity index (χ3n) is 3.43. The maximum absolute atomic E-state index is 13.1. The van der Waals surface area contributed by atoms with Crippen LogP contribution in [0.25, 0.3) is 10.8 Å². The summed E-state index contributed by atoms with van der Waals surface area (Å²) in [7, 11) is -7.21. The van der Waals surface area contributed by atoms with Crippen LogP contribution in [0.1, 0.15) is 0 Å². The lowest BCUT2D eigenvalue weighted by Crippen LogP contribution is -2.16. The van der Waals surface area contributed by atoms with Crippen molar-refractivity contribution in [2.45, 2.75) is 9.92 Å². The molecule has 1 heterocycles. The zero-order valence-electron chi connectivity index (χ0n) is 12.3. The Morgan fingerprint density at radius 2 is 1.83 bits per heavy atom. The molecule has 0 aliphatic heterocycles. The van der Waals surface area contributed by atoms with Crippen LogP contribution in [0.4, 0.5) is 9.57 Å². The molecule has 0 spiro atoms. The van der Waals surface area contributed by atoms with E-state index in [0.29, 0.717) is 10.8 Å². The summed E-state index contributed by atoms with van der Waals surface area (Å²) in [4.78, 5) is -0.485. The molecule has 1 N–H and O–H groups in total. The number of aromatic nitrogens is 2. The first-order valence-corrected chi connectivity index (χ1v) is 9.53. The molecule has 0 saturated carbocycles. The second-order valence-electron chi connectivity index (χ2n) is 5.02. The number of nitrogens with zero attached hydrogens (tertiary/aromatic N) is 2. The van der Waals surface area contributed by atoms with Crippen molar-refractivity contribution in [3.05, 3.63) is 48.7 Å². The predicted molar refractivity (Wildman–Crippen MR) is 86.3 cm³/mol. The van der Waals surface area contributed by atoms with Gasteiger partial charge in [-0.05, 0) is 29.7 Å². The molecule has 7 nitrogen and oxygen atoms in total. The van der Waals surface area contributed by atoms with Crippen LogP contribution in [0, 0.1) is 0 Å². The normalized spacial score (nSPS) is 12.4. The Balaban J connectivity index is 2.10. The Kier molecular flexibility index (Phi) is 3.80. The average molecular weight is 369 g/mol. The highest BCUT2D eigenvalue weighted by Crippen LogP contribution is 2.28. The smallest absolute Gasteiger partial charge is 0.278 e. The monoisotopic (exact) mass is 369 g/mol. The van der Waals surface area contributed by atoms with Crippen LogP contribution in [0.2, 0.25) is 0 Å². The third kappa shape index (κ3) is 2.97. The van der Waals surface area contributed by atoms with Gasteiger partial charge in [-0.25, -0.2) is 0 Å². The molecule has 0 fully saturated rings. The molecule has 0 radical (unpaired) electrons. The zero-order chi connectivity index (χ0) is 17.5. The minimum Gasteiger partial charge on any atom is -0.278 e. The van der Waals surface area contributed by atoms with E-state index >= 15 is 0 Å². The largest absolute Gasteiger partial charge is 0.332 e. The van der Waals surface area contributed by atoms with Gasteiger partial charge in [0, 0.05) is 12.4 Å². The summed E-state index contributed by atoms with van der Waals surface area (Å²) in [5, 5.41) is 4.62. The van der Waals surface area contributed by atoms with Crippen LogP contribution in [0.3, 0.4) is 0 Å². The van der Waals surface area contributed by atoms with Crippen molar-refractivity contribution in [2.75, 3.05) is 4.72 Å². The van der Waals surface area contributed by atoms with Crippen LogP contribution >= 0.6 is 0 Å². The molecule has 24 heavy (non-hydrogen) atoms. The first-order chi connectivity index (χ1) is 11.2. The molecular formula is C14H12FN3O4S2. The lowest BCUT2D eigenvalue weighted by molar-refractivity contribution is 0.552. The van der Waals surface area contributed by atoms with Gasteiger partial charge in [-0.15, -0.1) is 3.89 Å². The van der Waals surface area contributed by atoms with Crippen molar-refractivity contribution in [3.63, 3.8) is 0 Å².